The number of hydrogen-bond donors (Lipinski definition) is 0. The summed E-state index contributed by atoms with van der Waals surface area (Å²) < 4.78 is 9.30. The second kappa shape index (κ2) is 27.5. The van der Waals surface area contributed by atoms with E-state index in [2.05, 4.69) is 248 Å². The maximum atomic E-state index is 4.58. The van der Waals surface area contributed by atoms with E-state index < -0.39 is 0 Å². The van der Waals surface area contributed by atoms with Crippen molar-refractivity contribution in [1.29, 1.82) is 0 Å². The Morgan fingerprint density at radius 3 is 0.734 bits per heavy atom. The van der Waals surface area contributed by atoms with Crippen LogP contribution >= 0.6 is 9.19 Å². The third-order valence-electron chi connectivity index (χ3n) is 11.7. The van der Waals surface area contributed by atoms with Crippen LogP contribution < -0.4 is 33.9 Å². The normalized spacial score (nSPS) is 11.0. The summed E-state index contributed by atoms with van der Waals surface area (Å²) >= 11 is 1.75. The number of para-hydroxylation sites is 4. The van der Waals surface area contributed by atoms with Crippen LogP contribution in [0.1, 0.15) is 203 Å². The zero-order chi connectivity index (χ0) is 44.6. The van der Waals surface area contributed by atoms with E-state index in [4.69, 9.17) is 0 Å². The molecule has 4 N–H and O–H groups in total. The topological polar surface area (TPSA) is 80.6 Å². The molecule has 2 aromatic heterocycles. The Morgan fingerprint density at radius 2 is 0.547 bits per heavy atom. The number of benzene rings is 4. The molecule has 6 nitrogen and oxygen atoms in total. The zero-order valence-corrected chi connectivity index (χ0v) is 45.7. The molecule has 0 aliphatic heterocycles. The monoisotopic (exact) mass is 1120 g/mol. The van der Waals surface area contributed by atoms with Gasteiger partial charge in [-0.15, -0.1) is 0 Å². The van der Waals surface area contributed by atoms with Gasteiger partial charge in [0.1, 0.15) is 47.5 Å². The molecule has 6 rings (SSSR count). The number of halogens is 3. The Balaban J connectivity index is 0.00000113. The molecule has 0 saturated carbocycles. The molecule has 0 saturated heterocycles. The van der Waals surface area contributed by atoms with Crippen molar-refractivity contribution in [2.75, 3.05) is 0 Å². The van der Waals surface area contributed by atoms with Crippen molar-refractivity contribution in [3.05, 3.63) is 155 Å². The first-order valence-electron chi connectivity index (χ1n) is 22.3. The van der Waals surface area contributed by atoms with Gasteiger partial charge in [-0.2, -0.15) is 0 Å². The fourth-order valence-corrected chi connectivity index (χ4v) is 8.48. The van der Waals surface area contributed by atoms with Gasteiger partial charge >= 0.3 is 29.2 Å². The van der Waals surface area contributed by atoms with Gasteiger partial charge in [0, 0.05) is 44.5 Å². The fourth-order valence-electron chi connectivity index (χ4n) is 8.48. The Morgan fingerprint density at radius 1 is 0.359 bits per heavy atom. The van der Waals surface area contributed by atoms with E-state index in [9.17, 15) is 0 Å². The second-order valence-corrected chi connectivity index (χ2v) is 18.8. The minimum absolute atomic E-state index is 0. The SMILES string of the molecule is CC(C)c1cccc(C(C)C)c1-n1cc[n+](-c2c(C(C)C)cccc2C(C)C)c1.CC(C)c1cccc(C(C)C)c1-n1cc[n+](-c2c(C(C)C)cccc2C(C)C)c1.O.O.[Cl-].[Cl-].[Cl][Au]. The first-order valence-corrected chi connectivity index (χ1v) is 24.9. The predicted octanol–water partition coefficient (Wildman–Crippen LogP) is 7.54. The Kier molecular flexibility index (Phi) is 26.1. The van der Waals surface area contributed by atoms with E-state index in [1.807, 2.05) is 0 Å². The van der Waals surface area contributed by atoms with Crippen molar-refractivity contribution in [3.8, 4) is 22.7 Å². The molecule has 0 unspecified atom stereocenters. The standard InChI is InChI=1S/2C27H37N2.Au.3ClH.2H2O/c2*1-18(2)22-11-9-12-23(19(3)4)26(22)28-15-16-29(17-28)27-24(20(5)6)13-10-14-25(27)21(7)8;;;;;;/h2*9-21H,1-8H3;;3*1H;2*1H2/q3*+1;;;;;/p-3. The molecular weight excluding hydrogens is 1040 g/mol. The van der Waals surface area contributed by atoms with Crippen LogP contribution in [0.25, 0.3) is 22.7 Å². The zero-order valence-electron chi connectivity index (χ0n) is 41.2. The summed E-state index contributed by atoms with van der Waals surface area (Å²) in [5.74, 6) is 3.84. The summed E-state index contributed by atoms with van der Waals surface area (Å²) in [6.45, 7) is 36.5. The molecule has 64 heavy (non-hydrogen) atoms. The molecule has 0 atom stereocenters. The van der Waals surface area contributed by atoms with Crippen LogP contribution in [0.5, 0.6) is 0 Å². The van der Waals surface area contributed by atoms with Crippen LogP contribution in [0.2, 0.25) is 0 Å². The van der Waals surface area contributed by atoms with Crippen LogP contribution in [0.3, 0.4) is 0 Å². The van der Waals surface area contributed by atoms with Crippen LogP contribution in [0, 0.1) is 0 Å². The third kappa shape index (κ3) is 13.9. The van der Waals surface area contributed by atoms with E-state index >= 15 is 0 Å². The van der Waals surface area contributed by atoms with E-state index in [0.717, 1.165) is 0 Å². The molecule has 2 heterocycles. The summed E-state index contributed by atoms with van der Waals surface area (Å²) in [4.78, 5) is 0. The molecule has 0 spiro atoms. The van der Waals surface area contributed by atoms with Crippen LogP contribution in [-0.2, 0) is 20.0 Å². The van der Waals surface area contributed by atoms with E-state index in [-0.39, 0.29) is 35.8 Å². The molecule has 0 fully saturated rings. The molecule has 4 aromatic carbocycles. The molecular formula is C54H78AuCl3N4O2. The van der Waals surface area contributed by atoms with E-state index in [0.29, 0.717) is 47.3 Å². The molecule has 358 valence electrons. The van der Waals surface area contributed by atoms with Crippen LogP contribution in [0.15, 0.2) is 110 Å². The van der Waals surface area contributed by atoms with Crippen molar-refractivity contribution in [3.63, 3.8) is 0 Å². The second-order valence-electron chi connectivity index (χ2n) is 18.8. The number of imidazole rings is 2. The minimum atomic E-state index is 0. The number of rotatable bonds is 12. The summed E-state index contributed by atoms with van der Waals surface area (Å²) in [6, 6.07) is 27.0. The van der Waals surface area contributed by atoms with Gasteiger partial charge in [0.25, 0.3) is 12.7 Å². The predicted molar refractivity (Wildman–Crippen MR) is 260 cm³/mol. The van der Waals surface area contributed by atoms with Gasteiger partial charge in [-0.1, -0.05) is 184 Å². The van der Waals surface area contributed by atoms with Gasteiger partial charge in [0.15, 0.2) is 0 Å². The third-order valence-corrected chi connectivity index (χ3v) is 11.7. The van der Waals surface area contributed by atoms with Gasteiger partial charge in [0.2, 0.25) is 0 Å². The molecule has 0 aliphatic rings. The summed E-state index contributed by atoms with van der Waals surface area (Å²) in [5.41, 5.74) is 16.6. The van der Waals surface area contributed by atoms with Gasteiger partial charge in [0.05, 0.1) is 0 Å². The Bertz CT molecular complexity index is 1890. The van der Waals surface area contributed by atoms with Crippen LogP contribution in [-0.4, -0.2) is 20.1 Å². The Labute approximate surface area is 416 Å². The van der Waals surface area contributed by atoms with Crippen molar-refractivity contribution in [2.24, 2.45) is 0 Å². The summed E-state index contributed by atoms with van der Waals surface area (Å²) in [5, 5.41) is 0. The molecule has 0 radical (unpaired) electrons. The number of aromatic nitrogens is 4. The molecule has 10 heteroatoms. The first kappa shape index (κ1) is 60.8. The first-order chi connectivity index (χ1) is 28.4. The molecule has 6 aromatic rings. The van der Waals surface area contributed by atoms with Gasteiger partial charge in [-0.25, -0.2) is 18.3 Å². The van der Waals surface area contributed by atoms with Gasteiger partial charge < -0.3 is 35.8 Å². The van der Waals surface area contributed by atoms with Gasteiger partial charge in [-0.05, 0) is 47.3 Å². The quantitative estimate of drug-likeness (QED) is 0.0898. The molecule has 0 amide bonds. The van der Waals surface area contributed by atoms with Crippen molar-refractivity contribution in [2.45, 2.75) is 158 Å². The number of hydrogen-bond acceptors (Lipinski definition) is 0. The fraction of sp³-hybridized carbons (Fsp3) is 0.444. The van der Waals surface area contributed by atoms with Crippen molar-refractivity contribution < 1.29 is 64.9 Å². The van der Waals surface area contributed by atoms with Gasteiger partial charge in [-0.3, -0.25) is 0 Å². The average Bonchev–Trinajstić information content (AvgIpc) is 3.91. The summed E-state index contributed by atoms with van der Waals surface area (Å²) in [7, 11) is 4.58. The number of nitrogens with zero attached hydrogens (tertiary/aromatic N) is 4. The molecule has 0 bridgehead atoms. The van der Waals surface area contributed by atoms with Crippen LogP contribution in [0.4, 0.5) is 0 Å². The van der Waals surface area contributed by atoms with Crippen molar-refractivity contribution in [1.82, 2.24) is 9.13 Å². The van der Waals surface area contributed by atoms with Crippen molar-refractivity contribution >= 4 is 9.19 Å². The Hall–Kier alpha value is -3.17. The molecule has 0 aliphatic carbocycles. The van der Waals surface area contributed by atoms with E-state index in [1.54, 1.807) is 20.0 Å². The average molecular weight is 1120 g/mol. The summed E-state index contributed by atoms with van der Waals surface area (Å²) in [6.07, 6.45) is 13.4. The van der Waals surface area contributed by atoms with E-state index in [1.165, 1.54) is 67.3 Å². The maximum absolute atomic E-state index is 4.58.